The number of hydrogen-bond donors (Lipinski definition) is 4. The molecular formula is C28H36FN5O5. The van der Waals surface area contributed by atoms with E-state index in [4.69, 9.17) is 4.52 Å². The number of aryl methyl sites for hydroxylation is 1. The molecule has 1 aliphatic rings. The van der Waals surface area contributed by atoms with E-state index in [9.17, 15) is 23.6 Å². The summed E-state index contributed by atoms with van der Waals surface area (Å²) >= 11 is 0. The molecular weight excluding hydrogens is 505 g/mol. The van der Waals surface area contributed by atoms with E-state index in [1.165, 1.54) is 18.2 Å². The molecule has 2 aromatic rings. The minimum Gasteiger partial charge on any atom is -0.361 e. The summed E-state index contributed by atoms with van der Waals surface area (Å²) in [5.41, 5.74) is 0.675. The standard InChI is InChI=1S/C28H36FN5O5/c1-5-6-21(15-19-11-12-30-25(19)35)31-26(36)22(14-18-7-9-20(29)10-8-18)32-28(38)24(16(2)3)33-27(37)23-13-17(4)39-34-23/h5-10,13,16,19,21-22,24H,11-12,14-15H2,1-4H3,(H,30,35)(H,31,36)(H,32,38)(H,33,37)/b6-5+/t19-,21+,22-,24-/m0/s1. The molecule has 4 amide bonds. The second kappa shape index (κ2) is 13.7. The van der Waals surface area contributed by atoms with Crippen molar-refractivity contribution >= 4 is 23.6 Å². The van der Waals surface area contributed by atoms with E-state index in [2.05, 4.69) is 26.4 Å². The fourth-order valence-corrected chi connectivity index (χ4v) is 4.43. The highest BCUT2D eigenvalue weighted by molar-refractivity contribution is 5.97. The zero-order valence-corrected chi connectivity index (χ0v) is 22.6. The lowest BCUT2D eigenvalue weighted by Crippen LogP contribution is -2.57. The number of rotatable bonds is 12. The van der Waals surface area contributed by atoms with Gasteiger partial charge in [-0.05, 0) is 50.3 Å². The van der Waals surface area contributed by atoms with E-state index >= 15 is 0 Å². The molecule has 2 heterocycles. The van der Waals surface area contributed by atoms with E-state index in [-0.39, 0.29) is 29.9 Å². The fourth-order valence-electron chi connectivity index (χ4n) is 4.43. The van der Waals surface area contributed by atoms with Gasteiger partial charge in [0.05, 0.1) is 0 Å². The maximum atomic E-state index is 13.5. The highest BCUT2D eigenvalue weighted by Crippen LogP contribution is 2.17. The Balaban J connectivity index is 1.77. The van der Waals surface area contributed by atoms with Crippen LogP contribution in [0.2, 0.25) is 0 Å². The number of carbonyl (C=O) groups excluding carboxylic acids is 4. The average Bonchev–Trinajstić information content (AvgIpc) is 3.50. The Morgan fingerprint density at radius 2 is 1.87 bits per heavy atom. The number of benzene rings is 1. The lowest BCUT2D eigenvalue weighted by atomic mass is 9.97. The van der Waals surface area contributed by atoms with Gasteiger partial charge in [0.15, 0.2) is 5.69 Å². The van der Waals surface area contributed by atoms with Crippen LogP contribution in [-0.4, -0.2) is 53.5 Å². The fraction of sp³-hybridized carbons (Fsp3) is 0.464. The van der Waals surface area contributed by atoms with Gasteiger partial charge < -0.3 is 25.8 Å². The summed E-state index contributed by atoms with van der Waals surface area (Å²) in [4.78, 5) is 51.6. The number of carbonyl (C=O) groups is 4. The normalized spacial score (nSPS) is 17.5. The predicted octanol–water partition coefficient (Wildman–Crippen LogP) is 2.19. The van der Waals surface area contributed by atoms with Crippen LogP contribution in [0.15, 0.2) is 47.0 Å². The van der Waals surface area contributed by atoms with Crippen LogP contribution in [0.3, 0.4) is 0 Å². The van der Waals surface area contributed by atoms with Crippen molar-refractivity contribution in [3.63, 3.8) is 0 Å². The minimum atomic E-state index is -1.03. The van der Waals surface area contributed by atoms with Crippen molar-refractivity contribution in [1.82, 2.24) is 26.4 Å². The van der Waals surface area contributed by atoms with Gasteiger partial charge in [-0.2, -0.15) is 0 Å². The highest BCUT2D eigenvalue weighted by atomic mass is 19.1. The molecule has 0 bridgehead atoms. The molecule has 0 radical (unpaired) electrons. The topological polar surface area (TPSA) is 142 Å². The van der Waals surface area contributed by atoms with Crippen molar-refractivity contribution in [3.8, 4) is 0 Å². The predicted molar refractivity (Wildman–Crippen MR) is 142 cm³/mol. The molecule has 1 aromatic carbocycles. The molecule has 210 valence electrons. The summed E-state index contributed by atoms with van der Waals surface area (Å²) in [5, 5.41) is 14.9. The van der Waals surface area contributed by atoms with Crippen molar-refractivity contribution in [3.05, 3.63) is 65.3 Å². The van der Waals surface area contributed by atoms with Crippen LogP contribution in [0.25, 0.3) is 0 Å². The quantitative estimate of drug-likeness (QED) is 0.304. The third kappa shape index (κ3) is 8.49. The van der Waals surface area contributed by atoms with E-state index in [1.54, 1.807) is 45.1 Å². The number of hydrogen-bond acceptors (Lipinski definition) is 6. The number of amides is 4. The van der Waals surface area contributed by atoms with E-state index in [0.717, 1.165) is 0 Å². The monoisotopic (exact) mass is 541 g/mol. The number of nitrogens with one attached hydrogen (secondary N) is 4. The molecule has 0 unspecified atom stereocenters. The van der Waals surface area contributed by atoms with Gasteiger partial charge in [-0.1, -0.05) is 43.3 Å². The van der Waals surface area contributed by atoms with Crippen molar-refractivity contribution in [2.45, 2.75) is 65.1 Å². The van der Waals surface area contributed by atoms with Crippen LogP contribution in [0, 0.1) is 24.6 Å². The molecule has 0 spiro atoms. The van der Waals surface area contributed by atoms with Gasteiger partial charge in [-0.15, -0.1) is 0 Å². The molecule has 11 heteroatoms. The molecule has 1 saturated heterocycles. The first-order chi connectivity index (χ1) is 18.6. The first-order valence-corrected chi connectivity index (χ1v) is 13.1. The van der Waals surface area contributed by atoms with Gasteiger partial charge in [0.1, 0.15) is 23.7 Å². The first kappa shape index (κ1) is 29.5. The van der Waals surface area contributed by atoms with Gasteiger partial charge in [-0.25, -0.2) is 4.39 Å². The van der Waals surface area contributed by atoms with Crippen molar-refractivity contribution in [2.75, 3.05) is 6.54 Å². The van der Waals surface area contributed by atoms with E-state index in [1.807, 2.05) is 6.92 Å². The summed E-state index contributed by atoms with van der Waals surface area (Å²) in [7, 11) is 0. The molecule has 4 N–H and O–H groups in total. The largest absolute Gasteiger partial charge is 0.361 e. The molecule has 1 aromatic heterocycles. The molecule has 0 aliphatic carbocycles. The molecule has 4 atom stereocenters. The molecule has 39 heavy (non-hydrogen) atoms. The lowest BCUT2D eigenvalue weighted by Gasteiger charge is -2.26. The Labute approximate surface area is 227 Å². The van der Waals surface area contributed by atoms with Crippen LogP contribution in [0.5, 0.6) is 0 Å². The molecule has 3 rings (SSSR count). The molecule has 0 saturated carbocycles. The highest BCUT2D eigenvalue weighted by Gasteiger charge is 2.32. The van der Waals surface area contributed by atoms with Crippen molar-refractivity contribution in [1.29, 1.82) is 0 Å². The number of nitrogens with zero attached hydrogens (tertiary/aromatic N) is 1. The second-order valence-corrected chi connectivity index (χ2v) is 10.1. The smallest absolute Gasteiger partial charge is 0.274 e. The first-order valence-electron chi connectivity index (χ1n) is 13.1. The van der Waals surface area contributed by atoms with Crippen LogP contribution in [0.4, 0.5) is 4.39 Å². The number of allylic oxidation sites excluding steroid dienone is 1. The maximum Gasteiger partial charge on any atom is 0.274 e. The van der Waals surface area contributed by atoms with Crippen LogP contribution in [-0.2, 0) is 20.8 Å². The van der Waals surface area contributed by atoms with Crippen molar-refractivity contribution in [2.24, 2.45) is 11.8 Å². The Morgan fingerprint density at radius 3 is 2.44 bits per heavy atom. The molecule has 1 fully saturated rings. The lowest BCUT2D eigenvalue weighted by molar-refractivity contribution is -0.130. The molecule has 10 nitrogen and oxygen atoms in total. The van der Waals surface area contributed by atoms with Crippen LogP contribution in [0.1, 0.15) is 55.4 Å². The Kier molecular flexibility index (Phi) is 10.4. The Hall–Kier alpha value is -4.02. The number of aromatic nitrogens is 1. The zero-order valence-electron chi connectivity index (χ0n) is 22.6. The van der Waals surface area contributed by atoms with E-state index < -0.39 is 41.7 Å². The Morgan fingerprint density at radius 1 is 1.15 bits per heavy atom. The van der Waals surface area contributed by atoms with Gasteiger partial charge in [-0.3, -0.25) is 19.2 Å². The van der Waals surface area contributed by atoms with Gasteiger partial charge in [0, 0.05) is 31.0 Å². The van der Waals surface area contributed by atoms with Gasteiger partial charge >= 0.3 is 0 Å². The van der Waals surface area contributed by atoms with Gasteiger partial charge in [0.2, 0.25) is 17.7 Å². The van der Waals surface area contributed by atoms with E-state index in [0.29, 0.717) is 30.7 Å². The number of halogens is 1. The third-order valence-corrected chi connectivity index (χ3v) is 6.54. The summed E-state index contributed by atoms with van der Waals surface area (Å²) < 4.78 is 18.4. The zero-order chi connectivity index (χ0) is 28.5. The van der Waals surface area contributed by atoms with Gasteiger partial charge in [0.25, 0.3) is 5.91 Å². The third-order valence-electron chi connectivity index (χ3n) is 6.54. The summed E-state index contributed by atoms with van der Waals surface area (Å²) in [5.74, 6) is -2.15. The van der Waals surface area contributed by atoms with Crippen LogP contribution >= 0.6 is 0 Å². The SMILES string of the molecule is C/C=C/[C@H](C[C@@H]1CCNC1=O)NC(=O)[C@H](Cc1ccc(F)cc1)NC(=O)[C@@H](NC(=O)c1cc(C)on1)C(C)C. The minimum absolute atomic E-state index is 0.0386. The molecule has 1 aliphatic heterocycles. The second-order valence-electron chi connectivity index (χ2n) is 10.1. The summed E-state index contributed by atoms with van der Waals surface area (Å²) in [6, 6.07) is 4.69. The average molecular weight is 542 g/mol. The van der Waals surface area contributed by atoms with Crippen LogP contribution < -0.4 is 21.3 Å². The summed E-state index contributed by atoms with van der Waals surface area (Å²) in [6.07, 6.45) is 4.78. The van der Waals surface area contributed by atoms with Crippen molar-refractivity contribution < 1.29 is 28.1 Å². The summed E-state index contributed by atoms with van der Waals surface area (Å²) in [6.45, 7) is 7.59. The maximum absolute atomic E-state index is 13.5. The Bertz CT molecular complexity index is 1190.